The summed E-state index contributed by atoms with van der Waals surface area (Å²) in [6, 6.07) is 133. The molecule has 0 spiro atoms. The SMILES string of the molecule is C=[Si]OCc1cc(C)c(Br)cn1.C=[Si]OCc1cc(C)c(C2=CCC(C)=C2)cn1.c1ccc(P(c2ccccc2)c2ccccc2)cc1.c1ccc(P(c2ccccc2)c2ccccc2)cc1.c1ccc(P(c2ccccc2)c2ccccc2)cc1.c1ccc(P(c2ccccc2)c2ccccc2)cc1. The maximum atomic E-state index is 5.28. The number of aromatic nitrogens is 2. The third-order valence-electron chi connectivity index (χ3n) is 16.4. The highest BCUT2D eigenvalue weighted by Gasteiger charge is 2.19. The van der Waals surface area contributed by atoms with Crippen molar-refractivity contribution in [2.75, 3.05) is 0 Å². The Labute approximate surface area is 641 Å². The molecule has 518 valence electrons. The molecule has 105 heavy (non-hydrogen) atoms. The van der Waals surface area contributed by atoms with Crippen LogP contribution in [0.2, 0.25) is 0 Å². The van der Waals surface area contributed by atoms with Gasteiger partial charge in [0.2, 0.25) is 0 Å². The van der Waals surface area contributed by atoms with E-state index in [1.54, 1.807) is 6.20 Å². The first-order valence-electron chi connectivity index (χ1n) is 34.8. The molecule has 0 unspecified atom stereocenters. The second-order valence-corrected chi connectivity index (χ2v) is 34.9. The summed E-state index contributed by atoms with van der Waals surface area (Å²) >= 11 is 3.38. The number of allylic oxidation sites excluding steroid dienone is 4. The zero-order chi connectivity index (χ0) is 72.9. The van der Waals surface area contributed by atoms with Crippen LogP contribution in [0.4, 0.5) is 0 Å². The minimum Gasteiger partial charge on any atom is -0.543 e. The third kappa shape index (κ3) is 24.5. The number of benzene rings is 12. The Morgan fingerprint density at radius 2 is 0.524 bits per heavy atom. The first kappa shape index (κ1) is 78.0. The summed E-state index contributed by atoms with van der Waals surface area (Å²) in [5.41, 5.74) is 8.28. The number of hydrogen-bond acceptors (Lipinski definition) is 4. The molecule has 2 heterocycles. The van der Waals surface area contributed by atoms with E-state index >= 15 is 0 Å². The van der Waals surface area contributed by atoms with E-state index in [9.17, 15) is 0 Å². The van der Waals surface area contributed by atoms with Crippen LogP contribution in [0.25, 0.3) is 5.57 Å². The standard InChI is InChI=1S/4C18H15P.C14H16NOSi.C8H9BrNOSi/c4*1-4-10-16(11-5-1)19(17-12-6-2-7-13-17)18-14-8-3-9-15-18;1-10-4-5-12(6-10)14-8-15-13(7-11(14)2)9-16-17-3;1-6-3-7(5-11-12-2)10-4-8(6)9/h4*1-15H;5-8H,3-4,9H2,1-2H3;3-4H,2,5H2,1H3. The molecule has 2 radical (unpaired) electrons. The van der Waals surface area contributed by atoms with Crippen LogP contribution in [-0.4, -0.2) is 41.1 Å². The van der Waals surface area contributed by atoms with Crippen molar-refractivity contribution in [3.8, 4) is 0 Å². The highest BCUT2D eigenvalue weighted by Crippen LogP contribution is 2.36. The lowest BCUT2D eigenvalue weighted by Crippen LogP contribution is -2.20. The molecule has 0 atom stereocenters. The van der Waals surface area contributed by atoms with Gasteiger partial charge in [-0.05, 0) is 167 Å². The second kappa shape index (κ2) is 43.6. The van der Waals surface area contributed by atoms with E-state index < -0.39 is 31.7 Å². The van der Waals surface area contributed by atoms with E-state index in [1.165, 1.54) is 91.5 Å². The van der Waals surface area contributed by atoms with E-state index in [0.717, 1.165) is 22.3 Å². The van der Waals surface area contributed by atoms with Gasteiger partial charge >= 0.3 is 0 Å². The Kier molecular flexibility index (Phi) is 32.4. The number of rotatable bonds is 19. The normalized spacial score (nSPS) is 11.0. The number of pyridine rings is 2. The van der Waals surface area contributed by atoms with E-state index in [1.807, 2.05) is 19.2 Å². The first-order valence-corrected chi connectivity index (χ1v) is 43.2. The molecule has 15 rings (SSSR count). The quantitative estimate of drug-likeness (QED) is 0.0598. The van der Waals surface area contributed by atoms with Gasteiger partial charge in [-0.3, -0.25) is 9.97 Å². The Morgan fingerprint density at radius 1 is 0.314 bits per heavy atom. The minimum atomic E-state index is -0.446. The fourth-order valence-corrected chi connectivity index (χ4v) is 21.4. The Hall–Kier alpha value is -9.61. The van der Waals surface area contributed by atoms with Gasteiger partial charge in [-0.2, -0.15) is 0 Å². The summed E-state index contributed by atoms with van der Waals surface area (Å²) in [4.78, 5) is 8.61. The van der Waals surface area contributed by atoms with Crippen molar-refractivity contribution in [1.29, 1.82) is 0 Å². The van der Waals surface area contributed by atoms with Crippen LogP contribution in [0, 0.1) is 13.8 Å². The highest BCUT2D eigenvalue weighted by molar-refractivity contribution is 9.10. The number of hydrogen-bond donors (Lipinski definition) is 0. The van der Waals surface area contributed by atoms with E-state index in [4.69, 9.17) is 8.85 Å². The molecule has 0 saturated carbocycles. The summed E-state index contributed by atoms with van der Waals surface area (Å²) in [6.07, 6.45) is 16.6. The van der Waals surface area contributed by atoms with Crippen molar-refractivity contribution in [2.45, 2.75) is 40.4 Å². The van der Waals surface area contributed by atoms with Gasteiger partial charge in [0.25, 0.3) is 18.8 Å². The molecule has 11 heteroatoms. The maximum absolute atomic E-state index is 5.28. The predicted molar refractivity (Wildman–Crippen MR) is 468 cm³/mol. The maximum Gasteiger partial charge on any atom is 0.273 e. The van der Waals surface area contributed by atoms with Crippen molar-refractivity contribution in [2.24, 2.45) is 0 Å². The molecular formula is C94H85BrN2O2P4Si2. The molecule has 0 aliphatic heterocycles. The molecule has 4 nitrogen and oxygen atoms in total. The zero-order valence-electron chi connectivity index (χ0n) is 59.5. The summed E-state index contributed by atoms with van der Waals surface area (Å²) in [5, 5.41) is 16.8. The average Bonchev–Trinajstić information content (AvgIpc) is 1.73. The van der Waals surface area contributed by atoms with Crippen molar-refractivity contribution in [3.05, 3.63) is 439 Å². The fraction of sp³-hybridized carbons (Fsp3) is 0.0638. The molecule has 1 aliphatic carbocycles. The number of aryl methyl sites for hydroxylation is 2. The lowest BCUT2D eigenvalue weighted by Gasteiger charge is -2.18. The third-order valence-corrected chi connectivity index (χ3v) is 27.7. The van der Waals surface area contributed by atoms with Gasteiger partial charge < -0.3 is 8.85 Å². The van der Waals surface area contributed by atoms with Gasteiger partial charge in [0.1, 0.15) is 13.2 Å². The van der Waals surface area contributed by atoms with Crippen molar-refractivity contribution < 1.29 is 8.85 Å². The second-order valence-electron chi connectivity index (χ2n) is 24.0. The summed E-state index contributed by atoms with van der Waals surface area (Å²) in [5.74, 6) is 0. The van der Waals surface area contributed by atoms with Crippen LogP contribution < -0.4 is 63.7 Å². The molecule has 0 saturated heterocycles. The van der Waals surface area contributed by atoms with E-state index in [0.29, 0.717) is 13.2 Å². The van der Waals surface area contributed by atoms with Crippen molar-refractivity contribution in [1.82, 2.24) is 9.97 Å². The molecule has 12 aromatic carbocycles. The van der Waals surface area contributed by atoms with Gasteiger partial charge in [0, 0.05) is 22.4 Å². The zero-order valence-corrected chi connectivity index (χ0v) is 66.7. The molecular weight excluding hydrogens is 1450 g/mol. The average molecular weight is 1530 g/mol. The molecule has 1 aliphatic rings. The summed E-state index contributed by atoms with van der Waals surface area (Å²) in [6.45, 7) is 7.41. The Bertz CT molecular complexity index is 4030. The molecule has 14 aromatic rings. The Morgan fingerprint density at radius 3 is 0.705 bits per heavy atom. The topological polar surface area (TPSA) is 44.2 Å². The van der Waals surface area contributed by atoms with Crippen LogP contribution in [-0.2, 0) is 22.1 Å². The molecule has 0 bridgehead atoms. The Balaban J connectivity index is 0.000000136. The lowest BCUT2D eigenvalue weighted by atomic mass is 10.0. The van der Waals surface area contributed by atoms with Crippen molar-refractivity contribution >= 4 is 148 Å². The van der Waals surface area contributed by atoms with E-state index in [-0.39, 0.29) is 18.8 Å². The molecule has 0 amide bonds. The summed E-state index contributed by atoms with van der Waals surface area (Å²) < 4.78 is 11.5. The van der Waals surface area contributed by atoms with Crippen LogP contribution in [0.1, 0.15) is 41.4 Å². The van der Waals surface area contributed by atoms with Crippen molar-refractivity contribution in [3.63, 3.8) is 0 Å². The van der Waals surface area contributed by atoms with E-state index in [2.05, 4.69) is 434 Å². The number of halogens is 1. The van der Waals surface area contributed by atoms with Gasteiger partial charge in [-0.1, -0.05) is 394 Å². The predicted octanol–water partition coefficient (Wildman–Crippen LogP) is 18.2. The molecule has 2 aromatic heterocycles. The first-order chi connectivity index (χ1) is 51.7. The molecule has 0 fully saturated rings. The fourth-order valence-electron chi connectivity index (χ4n) is 11.5. The smallest absolute Gasteiger partial charge is 0.273 e. The largest absolute Gasteiger partial charge is 0.543 e. The lowest BCUT2D eigenvalue weighted by molar-refractivity contribution is 0.330. The van der Waals surface area contributed by atoms with Crippen LogP contribution in [0.15, 0.2) is 411 Å². The van der Waals surface area contributed by atoms with Gasteiger partial charge in [0.05, 0.1) is 11.4 Å². The molecule has 0 N–H and O–H groups in total. The van der Waals surface area contributed by atoms with Gasteiger partial charge in [-0.15, -0.1) is 0 Å². The van der Waals surface area contributed by atoms with Crippen LogP contribution in [0.3, 0.4) is 0 Å². The summed E-state index contributed by atoms with van der Waals surface area (Å²) in [7, 11) is -1.24. The monoisotopic (exact) mass is 1530 g/mol. The van der Waals surface area contributed by atoms with Crippen LogP contribution in [0.5, 0.6) is 0 Å². The van der Waals surface area contributed by atoms with Gasteiger partial charge in [-0.25, -0.2) is 0 Å². The minimum absolute atomic E-state index is 0.269. The number of nitrogens with zero attached hydrogens (tertiary/aromatic N) is 2. The van der Waals surface area contributed by atoms with Crippen LogP contribution >= 0.6 is 47.6 Å². The van der Waals surface area contributed by atoms with Gasteiger partial charge in [0.15, 0.2) is 0 Å². The highest BCUT2D eigenvalue weighted by atomic mass is 79.9.